The van der Waals surface area contributed by atoms with E-state index in [-0.39, 0.29) is 30.4 Å². The van der Waals surface area contributed by atoms with Crippen molar-refractivity contribution in [3.05, 3.63) is 94.5 Å². The SMILES string of the molecule is Cc1ccc(C(=O)CCC(=O)Nc2ccc(NC(=O)c3ccccc3)c(Cl)c2)cc1. The van der Waals surface area contributed by atoms with Crippen LogP contribution in [-0.2, 0) is 4.79 Å². The molecule has 0 aromatic heterocycles. The molecule has 0 aliphatic heterocycles. The number of benzene rings is 3. The van der Waals surface area contributed by atoms with E-state index in [0.717, 1.165) is 5.56 Å². The normalized spacial score (nSPS) is 10.3. The van der Waals surface area contributed by atoms with Crippen LogP contribution in [0.3, 0.4) is 0 Å². The second kappa shape index (κ2) is 9.85. The third-order valence-electron chi connectivity index (χ3n) is 4.49. The highest BCUT2D eigenvalue weighted by atomic mass is 35.5. The largest absolute Gasteiger partial charge is 0.326 e. The smallest absolute Gasteiger partial charge is 0.255 e. The number of aryl methyl sites for hydroxylation is 1. The van der Waals surface area contributed by atoms with Crippen LogP contribution in [0.4, 0.5) is 11.4 Å². The monoisotopic (exact) mass is 420 g/mol. The summed E-state index contributed by atoms with van der Waals surface area (Å²) >= 11 is 6.24. The average molecular weight is 421 g/mol. The van der Waals surface area contributed by atoms with E-state index in [2.05, 4.69) is 10.6 Å². The number of halogens is 1. The van der Waals surface area contributed by atoms with Crippen molar-refractivity contribution >= 4 is 40.6 Å². The lowest BCUT2D eigenvalue weighted by Crippen LogP contribution is -2.14. The van der Waals surface area contributed by atoms with E-state index in [0.29, 0.717) is 27.5 Å². The molecular weight excluding hydrogens is 400 g/mol. The van der Waals surface area contributed by atoms with E-state index in [1.807, 2.05) is 25.1 Å². The molecule has 152 valence electrons. The number of Topliss-reactive ketones (excluding diaryl/α,β-unsaturated/α-hetero) is 1. The lowest BCUT2D eigenvalue weighted by Gasteiger charge is -2.10. The van der Waals surface area contributed by atoms with Gasteiger partial charge in [0.05, 0.1) is 10.7 Å². The van der Waals surface area contributed by atoms with Crippen LogP contribution in [0.2, 0.25) is 5.02 Å². The maximum Gasteiger partial charge on any atom is 0.255 e. The van der Waals surface area contributed by atoms with Crippen LogP contribution in [0.1, 0.15) is 39.1 Å². The van der Waals surface area contributed by atoms with Gasteiger partial charge in [0.25, 0.3) is 5.91 Å². The van der Waals surface area contributed by atoms with Gasteiger partial charge in [0, 0.05) is 29.7 Å². The van der Waals surface area contributed by atoms with Crippen molar-refractivity contribution in [3.63, 3.8) is 0 Å². The van der Waals surface area contributed by atoms with Gasteiger partial charge in [0.1, 0.15) is 0 Å². The second-order valence-corrected chi connectivity index (χ2v) is 7.26. The molecule has 3 aromatic rings. The van der Waals surface area contributed by atoms with Crippen LogP contribution in [0.25, 0.3) is 0 Å². The molecule has 0 aliphatic rings. The van der Waals surface area contributed by atoms with Crippen LogP contribution in [-0.4, -0.2) is 17.6 Å². The van der Waals surface area contributed by atoms with Crippen LogP contribution in [0, 0.1) is 6.92 Å². The van der Waals surface area contributed by atoms with Gasteiger partial charge in [-0.3, -0.25) is 14.4 Å². The molecule has 0 aliphatic carbocycles. The maximum atomic E-state index is 12.2. The zero-order chi connectivity index (χ0) is 21.5. The van der Waals surface area contributed by atoms with E-state index in [4.69, 9.17) is 11.6 Å². The van der Waals surface area contributed by atoms with Gasteiger partial charge in [-0.1, -0.05) is 59.6 Å². The Hall–Kier alpha value is -3.44. The van der Waals surface area contributed by atoms with Gasteiger partial charge in [-0.05, 0) is 37.3 Å². The Kier molecular flexibility index (Phi) is 6.99. The summed E-state index contributed by atoms with van der Waals surface area (Å²) in [6.07, 6.45) is 0.185. The minimum absolute atomic E-state index is 0.0663. The standard InChI is InChI=1S/C24H21ClN2O3/c1-16-7-9-17(10-8-16)22(28)13-14-23(29)26-19-11-12-21(20(25)15-19)27-24(30)18-5-3-2-4-6-18/h2-12,15H,13-14H2,1H3,(H,26,29)(H,27,30). The summed E-state index contributed by atoms with van der Waals surface area (Å²) in [4.78, 5) is 36.6. The Morgan fingerprint density at radius 2 is 1.50 bits per heavy atom. The Bertz CT molecular complexity index is 1060. The number of ketones is 1. The molecule has 0 fully saturated rings. The Morgan fingerprint density at radius 3 is 2.17 bits per heavy atom. The summed E-state index contributed by atoms with van der Waals surface area (Å²) < 4.78 is 0. The molecule has 0 radical (unpaired) electrons. The van der Waals surface area contributed by atoms with Crippen molar-refractivity contribution in [2.24, 2.45) is 0 Å². The number of nitrogens with one attached hydrogen (secondary N) is 2. The molecule has 3 rings (SSSR count). The molecule has 0 bridgehead atoms. The number of hydrogen-bond acceptors (Lipinski definition) is 3. The van der Waals surface area contributed by atoms with Gasteiger partial charge in [0.15, 0.2) is 5.78 Å². The minimum atomic E-state index is -0.285. The number of hydrogen-bond donors (Lipinski definition) is 2. The van der Waals surface area contributed by atoms with Gasteiger partial charge in [-0.25, -0.2) is 0 Å². The maximum absolute atomic E-state index is 12.2. The van der Waals surface area contributed by atoms with Gasteiger partial charge in [0.2, 0.25) is 5.91 Å². The first-order chi connectivity index (χ1) is 14.4. The average Bonchev–Trinajstić information content (AvgIpc) is 2.75. The summed E-state index contributed by atoms with van der Waals surface area (Å²) in [5.74, 6) is -0.640. The number of carbonyl (C=O) groups is 3. The van der Waals surface area contributed by atoms with Crippen molar-refractivity contribution < 1.29 is 14.4 Å². The lowest BCUT2D eigenvalue weighted by atomic mass is 10.0. The van der Waals surface area contributed by atoms with Crippen LogP contribution in [0.5, 0.6) is 0 Å². The molecule has 3 aromatic carbocycles. The third kappa shape index (κ3) is 5.78. The van der Waals surface area contributed by atoms with Crippen molar-refractivity contribution in [1.82, 2.24) is 0 Å². The minimum Gasteiger partial charge on any atom is -0.326 e. The molecule has 2 amide bonds. The zero-order valence-corrected chi connectivity index (χ0v) is 17.2. The van der Waals surface area contributed by atoms with Crippen molar-refractivity contribution in [2.75, 3.05) is 10.6 Å². The quantitative estimate of drug-likeness (QED) is 0.495. The molecule has 0 spiro atoms. The van der Waals surface area contributed by atoms with Crippen LogP contribution >= 0.6 is 11.6 Å². The van der Waals surface area contributed by atoms with E-state index < -0.39 is 0 Å². The Labute approximate surface area is 180 Å². The Morgan fingerprint density at radius 1 is 0.800 bits per heavy atom. The molecule has 0 heterocycles. The highest BCUT2D eigenvalue weighted by Crippen LogP contribution is 2.26. The van der Waals surface area contributed by atoms with E-state index in [9.17, 15) is 14.4 Å². The van der Waals surface area contributed by atoms with Gasteiger partial charge >= 0.3 is 0 Å². The van der Waals surface area contributed by atoms with Crippen molar-refractivity contribution in [3.8, 4) is 0 Å². The van der Waals surface area contributed by atoms with Gasteiger partial charge in [-0.15, -0.1) is 0 Å². The molecule has 2 N–H and O–H groups in total. The first kappa shape index (κ1) is 21.3. The van der Waals surface area contributed by atoms with Crippen LogP contribution < -0.4 is 10.6 Å². The summed E-state index contributed by atoms with van der Waals surface area (Å²) in [7, 11) is 0. The number of anilines is 2. The van der Waals surface area contributed by atoms with Crippen molar-refractivity contribution in [2.45, 2.75) is 19.8 Å². The predicted octanol–water partition coefficient (Wildman–Crippen LogP) is 5.50. The fraction of sp³-hybridized carbons (Fsp3) is 0.125. The highest BCUT2D eigenvalue weighted by Gasteiger charge is 2.12. The summed E-state index contributed by atoms with van der Waals surface area (Å²) in [5, 5.41) is 5.76. The first-order valence-electron chi connectivity index (χ1n) is 9.48. The molecule has 0 unspecified atom stereocenters. The molecule has 0 saturated heterocycles. The molecule has 6 heteroatoms. The highest BCUT2D eigenvalue weighted by molar-refractivity contribution is 6.34. The fourth-order valence-electron chi connectivity index (χ4n) is 2.81. The van der Waals surface area contributed by atoms with E-state index in [1.165, 1.54) is 0 Å². The molecule has 5 nitrogen and oxygen atoms in total. The van der Waals surface area contributed by atoms with Crippen LogP contribution in [0.15, 0.2) is 72.8 Å². The molecule has 0 saturated carbocycles. The molecule has 30 heavy (non-hydrogen) atoms. The number of rotatable bonds is 7. The number of carbonyl (C=O) groups excluding carboxylic acids is 3. The lowest BCUT2D eigenvalue weighted by molar-refractivity contribution is -0.116. The second-order valence-electron chi connectivity index (χ2n) is 6.85. The fourth-order valence-corrected chi connectivity index (χ4v) is 3.04. The number of amides is 2. The zero-order valence-electron chi connectivity index (χ0n) is 16.4. The topological polar surface area (TPSA) is 75.3 Å². The first-order valence-corrected chi connectivity index (χ1v) is 9.86. The molecule has 0 atom stereocenters. The van der Waals surface area contributed by atoms with E-state index >= 15 is 0 Å². The van der Waals surface area contributed by atoms with Gasteiger partial charge in [-0.2, -0.15) is 0 Å². The predicted molar refractivity (Wildman–Crippen MR) is 119 cm³/mol. The van der Waals surface area contributed by atoms with Crippen molar-refractivity contribution in [1.29, 1.82) is 0 Å². The molecular formula is C24H21ClN2O3. The summed E-state index contributed by atoms with van der Waals surface area (Å²) in [6, 6.07) is 20.9. The third-order valence-corrected chi connectivity index (χ3v) is 4.80. The van der Waals surface area contributed by atoms with Gasteiger partial charge < -0.3 is 10.6 Å². The summed E-state index contributed by atoms with van der Waals surface area (Å²) in [5.41, 5.74) is 3.12. The summed E-state index contributed by atoms with van der Waals surface area (Å²) in [6.45, 7) is 1.95. The van der Waals surface area contributed by atoms with E-state index in [1.54, 1.807) is 54.6 Å². The Balaban J connectivity index is 1.54.